The van der Waals surface area contributed by atoms with Gasteiger partial charge in [-0.15, -0.1) is 0 Å². The SMILES string of the molecule is Cc1ccc(CN(C)CC(=O)Nc2cccc(CN)c2)o1. The van der Waals surface area contributed by atoms with Crippen LogP contribution in [0.1, 0.15) is 17.1 Å². The first-order valence-corrected chi connectivity index (χ1v) is 6.89. The van der Waals surface area contributed by atoms with E-state index in [0.29, 0.717) is 19.6 Å². The normalized spacial score (nSPS) is 10.9. The van der Waals surface area contributed by atoms with Gasteiger partial charge in [-0.3, -0.25) is 9.69 Å². The van der Waals surface area contributed by atoms with Crippen LogP contribution in [-0.2, 0) is 17.9 Å². The van der Waals surface area contributed by atoms with Gasteiger partial charge in [0, 0.05) is 12.2 Å². The second kappa shape index (κ2) is 7.06. The van der Waals surface area contributed by atoms with E-state index in [1.54, 1.807) is 0 Å². The lowest BCUT2D eigenvalue weighted by Crippen LogP contribution is -2.29. The van der Waals surface area contributed by atoms with Gasteiger partial charge in [0.15, 0.2) is 0 Å². The predicted molar refractivity (Wildman–Crippen MR) is 82.7 cm³/mol. The quantitative estimate of drug-likeness (QED) is 0.853. The molecule has 0 aliphatic heterocycles. The molecule has 5 nitrogen and oxygen atoms in total. The van der Waals surface area contributed by atoms with Crippen LogP contribution < -0.4 is 11.1 Å². The van der Waals surface area contributed by atoms with Crippen molar-refractivity contribution < 1.29 is 9.21 Å². The summed E-state index contributed by atoms with van der Waals surface area (Å²) in [5.41, 5.74) is 7.35. The van der Waals surface area contributed by atoms with E-state index in [0.717, 1.165) is 22.8 Å². The van der Waals surface area contributed by atoms with E-state index in [2.05, 4.69) is 5.32 Å². The van der Waals surface area contributed by atoms with Gasteiger partial charge in [0.1, 0.15) is 11.5 Å². The third-order valence-corrected chi connectivity index (χ3v) is 3.08. The lowest BCUT2D eigenvalue weighted by Gasteiger charge is -2.15. The molecule has 3 N–H and O–H groups in total. The van der Waals surface area contributed by atoms with Crippen LogP contribution >= 0.6 is 0 Å². The fourth-order valence-corrected chi connectivity index (χ4v) is 2.11. The van der Waals surface area contributed by atoms with Crippen molar-refractivity contribution in [3.8, 4) is 0 Å². The highest BCUT2D eigenvalue weighted by Gasteiger charge is 2.09. The van der Waals surface area contributed by atoms with E-state index in [4.69, 9.17) is 10.2 Å². The maximum Gasteiger partial charge on any atom is 0.238 e. The highest BCUT2D eigenvalue weighted by atomic mass is 16.3. The van der Waals surface area contributed by atoms with E-state index in [9.17, 15) is 4.79 Å². The fourth-order valence-electron chi connectivity index (χ4n) is 2.11. The molecule has 0 saturated carbocycles. The molecule has 0 unspecified atom stereocenters. The summed E-state index contributed by atoms with van der Waals surface area (Å²) in [6.45, 7) is 3.26. The van der Waals surface area contributed by atoms with Gasteiger partial charge in [-0.2, -0.15) is 0 Å². The van der Waals surface area contributed by atoms with Gasteiger partial charge in [-0.1, -0.05) is 12.1 Å². The number of carbonyl (C=O) groups is 1. The van der Waals surface area contributed by atoms with Crippen LogP contribution in [0.4, 0.5) is 5.69 Å². The molecule has 0 bridgehead atoms. The molecule has 0 aliphatic rings. The molecule has 112 valence electrons. The van der Waals surface area contributed by atoms with Crippen LogP contribution in [-0.4, -0.2) is 24.4 Å². The molecule has 2 rings (SSSR count). The number of nitrogens with one attached hydrogen (secondary N) is 1. The summed E-state index contributed by atoms with van der Waals surface area (Å²) >= 11 is 0. The Morgan fingerprint density at radius 1 is 1.33 bits per heavy atom. The highest BCUT2D eigenvalue weighted by molar-refractivity contribution is 5.92. The van der Waals surface area contributed by atoms with Crippen LogP contribution in [0.2, 0.25) is 0 Å². The summed E-state index contributed by atoms with van der Waals surface area (Å²) in [4.78, 5) is 13.9. The molecule has 0 saturated heterocycles. The average molecular weight is 287 g/mol. The molecule has 1 amide bonds. The Morgan fingerprint density at radius 3 is 2.81 bits per heavy atom. The van der Waals surface area contributed by atoms with Gasteiger partial charge in [-0.05, 0) is 43.8 Å². The molecular formula is C16H21N3O2. The van der Waals surface area contributed by atoms with Crippen molar-refractivity contribution in [2.75, 3.05) is 18.9 Å². The van der Waals surface area contributed by atoms with E-state index in [-0.39, 0.29) is 5.91 Å². The number of likely N-dealkylation sites (N-methyl/N-ethyl adjacent to an activating group) is 1. The number of benzene rings is 1. The Morgan fingerprint density at radius 2 is 2.14 bits per heavy atom. The van der Waals surface area contributed by atoms with Crippen LogP contribution in [0.5, 0.6) is 0 Å². The maximum absolute atomic E-state index is 12.0. The summed E-state index contributed by atoms with van der Waals surface area (Å²) < 4.78 is 5.50. The van der Waals surface area contributed by atoms with Gasteiger partial charge in [0.25, 0.3) is 0 Å². The largest absolute Gasteiger partial charge is 0.465 e. The number of anilines is 1. The number of nitrogens with two attached hydrogens (primary N) is 1. The summed E-state index contributed by atoms with van der Waals surface area (Å²) in [5, 5.41) is 2.87. The molecule has 1 aromatic heterocycles. The number of aryl methyl sites for hydroxylation is 1. The van der Waals surface area contributed by atoms with Crippen molar-refractivity contribution >= 4 is 11.6 Å². The summed E-state index contributed by atoms with van der Waals surface area (Å²) in [5.74, 6) is 1.67. The minimum absolute atomic E-state index is 0.0602. The predicted octanol–water partition coefficient (Wildman–Crippen LogP) is 2.12. The third kappa shape index (κ3) is 4.73. The molecule has 0 spiro atoms. The second-order valence-electron chi connectivity index (χ2n) is 5.14. The molecule has 0 atom stereocenters. The summed E-state index contributed by atoms with van der Waals surface area (Å²) in [7, 11) is 1.88. The standard InChI is InChI=1S/C16H21N3O2/c1-12-6-7-15(21-12)10-19(2)11-16(20)18-14-5-3-4-13(8-14)9-17/h3-8H,9-11,17H2,1-2H3,(H,18,20). The van der Waals surface area contributed by atoms with Crippen molar-refractivity contribution in [1.82, 2.24) is 4.90 Å². The molecule has 1 aromatic carbocycles. The highest BCUT2D eigenvalue weighted by Crippen LogP contribution is 2.11. The van der Waals surface area contributed by atoms with Gasteiger partial charge in [0.05, 0.1) is 13.1 Å². The Balaban J connectivity index is 1.85. The average Bonchev–Trinajstić information content (AvgIpc) is 2.83. The van der Waals surface area contributed by atoms with Crippen molar-refractivity contribution in [2.24, 2.45) is 5.73 Å². The number of hydrogen-bond acceptors (Lipinski definition) is 4. The zero-order chi connectivity index (χ0) is 15.2. The van der Waals surface area contributed by atoms with Gasteiger partial charge in [-0.25, -0.2) is 0 Å². The van der Waals surface area contributed by atoms with E-state index in [1.165, 1.54) is 0 Å². The number of amides is 1. The van der Waals surface area contributed by atoms with E-state index >= 15 is 0 Å². The second-order valence-corrected chi connectivity index (χ2v) is 5.14. The Bertz CT molecular complexity index is 607. The van der Waals surface area contributed by atoms with Crippen molar-refractivity contribution in [1.29, 1.82) is 0 Å². The summed E-state index contributed by atoms with van der Waals surface area (Å²) in [6.07, 6.45) is 0. The zero-order valence-corrected chi connectivity index (χ0v) is 12.4. The Labute approximate surface area is 124 Å². The lowest BCUT2D eigenvalue weighted by molar-refractivity contribution is -0.117. The van der Waals surface area contributed by atoms with Crippen molar-refractivity contribution in [2.45, 2.75) is 20.0 Å². The van der Waals surface area contributed by atoms with Gasteiger partial charge >= 0.3 is 0 Å². The molecular weight excluding hydrogens is 266 g/mol. The molecule has 0 aliphatic carbocycles. The summed E-state index contributed by atoms with van der Waals surface area (Å²) in [6, 6.07) is 11.4. The van der Waals surface area contributed by atoms with Crippen molar-refractivity contribution in [3.63, 3.8) is 0 Å². The number of hydrogen-bond donors (Lipinski definition) is 2. The number of nitrogens with zero attached hydrogens (tertiary/aromatic N) is 1. The number of carbonyl (C=O) groups excluding carboxylic acids is 1. The van der Waals surface area contributed by atoms with Gasteiger partial charge in [0.2, 0.25) is 5.91 Å². The maximum atomic E-state index is 12.0. The van der Waals surface area contributed by atoms with Crippen LogP contribution in [0.25, 0.3) is 0 Å². The first kappa shape index (κ1) is 15.3. The molecule has 0 fully saturated rings. The first-order valence-electron chi connectivity index (χ1n) is 6.89. The van der Waals surface area contributed by atoms with E-state index < -0.39 is 0 Å². The van der Waals surface area contributed by atoms with Gasteiger partial charge < -0.3 is 15.5 Å². The Kier molecular flexibility index (Phi) is 5.14. The van der Waals surface area contributed by atoms with E-state index in [1.807, 2.05) is 55.3 Å². The van der Waals surface area contributed by atoms with Crippen LogP contribution in [0.3, 0.4) is 0 Å². The van der Waals surface area contributed by atoms with Crippen LogP contribution in [0.15, 0.2) is 40.8 Å². The Hall–Kier alpha value is -2.11. The van der Waals surface area contributed by atoms with Crippen molar-refractivity contribution in [3.05, 3.63) is 53.5 Å². The molecule has 2 aromatic rings. The smallest absolute Gasteiger partial charge is 0.238 e. The first-order chi connectivity index (χ1) is 10.1. The number of furan rings is 1. The topological polar surface area (TPSA) is 71.5 Å². The third-order valence-electron chi connectivity index (χ3n) is 3.08. The molecule has 0 radical (unpaired) electrons. The lowest BCUT2D eigenvalue weighted by atomic mass is 10.2. The fraction of sp³-hybridized carbons (Fsp3) is 0.312. The minimum atomic E-state index is -0.0602. The molecule has 21 heavy (non-hydrogen) atoms. The monoisotopic (exact) mass is 287 g/mol. The minimum Gasteiger partial charge on any atom is -0.465 e. The number of rotatable bonds is 6. The zero-order valence-electron chi connectivity index (χ0n) is 12.4. The van der Waals surface area contributed by atoms with Crippen LogP contribution in [0, 0.1) is 6.92 Å². The molecule has 1 heterocycles. The molecule has 5 heteroatoms.